The second-order valence-electron chi connectivity index (χ2n) is 5.14. The number of rotatable bonds is 0. The van der Waals surface area contributed by atoms with E-state index in [1.54, 1.807) is 38.1 Å². The van der Waals surface area contributed by atoms with Crippen LogP contribution in [0, 0.1) is 0 Å². The third kappa shape index (κ3) is 2.25. The van der Waals surface area contributed by atoms with Crippen molar-refractivity contribution < 1.29 is 18.0 Å². The summed E-state index contributed by atoms with van der Waals surface area (Å²) in [6, 6.07) is 6.62. The average molecular weight is 269 g/mol. The molecule has 0 bridgehead atoms. The van der Waals surface area contributed by atoms with Crippen LogP contribution in [0.2, 0.25) is 0 Å². The highest BCUT2D eigenvalue weighted by atomic mass is 19.4. The Labute approximate surface area is 109 Å². The molecule has 102 valence electrons. The van der Waals surface area contributed by atoms with Crippen LogP contribution in [-0.4, -0.2) is 17.6 Å². The van der Waals surface area contributed by atoms with E-state index in [4.69, 9.17) is 0 Å². The van der Waals surface area contributed by atoms with Gasteiger partial charge in [-0.05, 0) is 32.4 Å². The molecular formula is C14H14F3NO. The van der Waals surface area contributed by atoms with Crippen molar-refractivity contribution in [3.63, 3.8) is 0 Å². The Morgan fingerprint density at radius 3 is 2.37 bits per heavy atom. The number of alkyl halides is 3. The molecule has 0 saturated heterocycles. The molecule has 5 heteroatoms. The number of carbonyl (C=O) groups is 1. The molecule has 1 aromatic carbocycles. The van der Waals surface area contributed by atoms with E-state index in [0.29, 0.717) is 11.3 Å². The van der Waals surface area contributed by atoms with Crippen LogP contribution in [0.25, 0.3) is 5.57 Å². The lowest BCUT2D eigenvalue weighted by Gasteiger charge is -2.41. The summed E-state index contributed by atoms with van der Waals surface area (Å²) >= 11 is 0. The van der Waals surface area contributed by atoms with Crippen LogP contribution in [0.1, 0.15) is 26.3 Å². The molecule has 0 spiro atoms. The predicted octanol–water partition coefficient (Wildman–Crippen LogP) is 3.78. The molecule has 1 heterocycles. The van der Waals surface area contributed by atoms with Crippen LogP contribution in [0.5, 0.6) is 0 Å². The minimum absolute atomic E-state index is 0.301. The molecule has 0 N–H and O–H groups in total. The fourth-order valence-electron chi connectivity index (χ4n) is 2.48. The zero-order chi connectivity index (χ0) is 14.4. The minimum atomic E-state index is -4.89. The summed E-state index contributed by atoms with van der Waals surface area (Å²) in [7, 11) is 0. The highest BCUT2D eigenvalue weighted by Crippen LogP contribution is 2.40. The van der Waals surface area contributed by atoms with Gasteiger partial charge in [-0.15, -0.1) is 0 Å². The first-order valence-electron chi connectivity index (χ1n) is 5.85. The van der Waals surface area contributed by atoms with Gasteiger partial charge < -0.3 is 0 Å². The first kappa shape index (κ1) is 13.6. The van der Waals surface area contributed by atoms with Gasteiger partial charge in [0.25, 0.3) is 0 Å². The molecule has 19 heavy (non-hydrogen) atoms. The Morgan fingerprint density at radius 1 is 1.21 bits per heavy atom. The van der Waals surface area contributed by atoms with Crippen LogP contribution >= 0.6 is 0 Å². The molecule has 0 radical (unpaired) electrons. The van der Waals surface area contributed by atoms with Crippen molar-refractivity contribution in [2.24, 2.45) is 0 Å². The van der Waals surface area contributed by atoms with Crippen LogP contribution in [-0.2, 0) is 4.79 Å². The van der Waals surface area contributed by atoms with Crippen LogP contribution in [0.3, 0.4) is 0 Å². The Balaban J connectivity index is 2.63. The third-order valence-electron chi connectivity index (χ3n) is 3.16. The minimum Gasteiger partial charge on any atom is -0.295 e. The van der Waals surface area contributed by atoms with Gasteiger partial charge in [0, 0.05) is 5.56 Å². The van der Waals surface area contributed by atoms with Crippen molar-refractivity contribution in [3.05, 3.63) is 35.9 Å². The van der Waals surface area contributed by atoms with Crippen molar-refractivity contribution in [2.45, 2.75) is 32.5 Å². The lowest BCUT2D eigenvalue weighted by molar-refractivity contribution is -0.171. The number of amides is 1. The van der Waals surface area contributed by atoms with Crippen molar-refractivity contribution in [3.8, 4) is 0 Å². The maximum absolute atomic E-state index is 12.8. The van der Waals surface area contributed by atoms with Gasteiger partial charge in [-0.1, -0.05) is 24.3 Å². The molecule has 0 aromatic heterocycles. The van der Waals surface area contributed by atoms with Gasteiger partial charge in [-0.25, -0.2) is 0 Å². The molecule has 0 saturated carbocycles. The lowest BCUT2D eigenvalue weighted by atomic mass is 9.88. The van der Waals surface area contributed by atoms with Gasteiger partial charge in [0.1, 0.15) is 0 Å². The Bertz CT molecular complexity index is 558. The highest BCUT2D eigenvalue weighted by Gasteiger charge is 2.48. The van der Waals surface area contributed by atoms with Crippen LogP contribution in [0.15, 0.2) is 30.3 Å². The smallest absolute Gasteiger partial charge is 0.295 e. The van der Waals surface area contributed by atoms with Gasteiger partial charge in [-0.3, -0.25) is 9.69 Å². The number of nitrogens with zero attached hydrogens (tertiary/aromatic N) is 1. The summed E-state index contributed by atoms with van der Waals surface area (Å²) < 4.78 is 38.3. The fraction of sp³-hybridized carbons (Fsp3) is 0.357. The SMILES string of the molecule is CC1=CC(C)(C)N(C(=O)C(F)(F)F)c2ccccc21. The molecule has 1 amide bonds. The molecule has 1 aliphatic rings. The van der Waals surface area contributed by atoms with Crippen molar-refractivity contribution in [2.75, 3.05) is 4.90 Å². The maximum Gasteiger partial charge on any atom is 0.471 e. The second kappa shape index (κ2) is 4.11. The molecule has 1 aromatic rings. The lowest BCUT2D eigenvalue weighted by Crippen LogP contribution is -2.53. The number of carbonyl (C=O) groups excluding carboxylic acids is 1. The normalized spacial score (nSPS) is 17.8. The molecule has 0 atom stereocenters. The van der Waals surface area contributed by atoms with E-state index in [9.17, 15) is 18.0 Å². The summed E-state index contributed by atoms with van der Waals surface area (Å²) in [6.45, 7) is 5.02. The number of para-hydroxylation sites is 1. The zero-order valence-electron chi connectivity index (χ0n) is 10.9. The van der Waals surface area contributed by atoms with Crippen molar-refractivity contribution in [1.82, 2.24) is 0 Å². The van der Waals surface area contributed by atoms with Gasteiger partial charge in [0.2, 0.25) is 0 Å². The first-order chi connectivity index (χ1) is 8.64. The standard InChI is InChI=1S/C14H14F3NO/c1-9-8-13(2,3)18(12(19)14(15,16)17)11-7-5-4-6-10(9)11/h4-8H,1-3H3. The van der Waals surface area contributed by atoms with Crippen molar-refractivity contribution in [1.29, 1.82) is 0 Å². The maximum atomic E-state index is 12.8. The first-order valence-corrected chi connectivity index (χ1v) is 5.85. The zero-order valence-corrected chi connectivity index (χ0v) is 10.9. The molecule has 1 aliphatic heterocycles. The largest absolute Gasteiger partial charge is 0.471 e. The number of anilines is 1. The highest BCUT2D eigenvalue weighted by molar-refractivity contribution is 6.03. The quantitative estimate of drug-likeness (QED) is 0.702. The van der Waals surface area contributed by atoms with E-state index in [-0.39, 0.29) is 0 Å². The van der Waals surface area contributed by atoms with Crippen LogP contribution < -0.4 is 4.90 Å². The molecule has 2 nitrogen and oxygen atoms in total. The van der Waals surface area contributed by atoms with Gasteiger partial charge in [0.05, 0.1) is 11.2 Å². The monoisotopic (exact) mass is 269 g/mol. The molecular weight excluding hydrogens is 255 g/mol. The number of hydrogen-bond donors (Lipinski definition) is 0. The number of fused-ring (bicyclic) bond motifs is 1. The summed E-state index contributed by atoms with van der Waals surface area (Å²) in [5, 5.41) is 0. The summed E-state index contributed by atoms with van der Waals surface area (Å²) in [5.41, 5.74) is 0.812. The van der Waals surface area contributed by atoms with Gasteiger partial charge in [-0.2, -0.15) is 13.2 Å². The van der Waals surface area contributed by atoms with E-state index >= 15 is 0 Å². The summed E-state index contributed by atoms with van der Waals surface area (Å²) in [6.07, 6.45) is -3.21. The topological polar surface area (TPSA) is 20.3 Å². The average Bonchev–Trinajstić information content (AvgIpc) is 2.26. The van der Waals surface area contributed by atoms with E-state index in [1.807, 2.05) is 6.92 Å². The van der Waals surface area contributed by atoms with Crippen LogP contribution in [0.4, 0.5) is 18.9 Å². The molecule has 2 rings (SSSR count). The van der Waals surface area contributed by atoms with Gasteiger partial charge in [0.15, 0.2) is 0 Å². The molecule has 0 unspecified atom stereocenters. The molecule has 0 fully saturated rings. The Kier molecular flexibility index (Phi) is 2.96. The second-order valence-corrected chi connectivity index (χ2v) is 5.14. The van der Waals surface area contributed by atoms with E-state index < -0.39 is 17.6 Å². The summed E-state index contributed by atoms with van der Waals surface area (Å²) in [4.78, 5) is 12.5. The Hall–Kier alpha value is -1.78. The number of hydrogen-bond acceptors (Lipinski definition) is 1. The number of benzene rings is 1. The van der Waals surface area contributed by atoms with E-state index in [0.717, 1.165) is 10.5 Å². The third-order valence-corrected chi connectivity index (χ3v) is 3.16. The Morgan fingerprint density at radius 2 is 1.79 bits per heavy atom. The van der Waals surface area contributed by atoms with E-state index in [2.05, 4.69) is 0 Å². The fourth-order valence-corrected chi connectivity index (χ4v) is 2.48. The number of allylic oxidation sites excluding steroid dienone is 1. The van der Waals surface area contributed by atoms with E-state index in [1.165, 1.54) is 6.07 Å². The predicted molar refractivity (Wildman–Crippen MR) is 67.7 cm³/mol. The van der Waals surface area contributed by atoms with Gasteiger partial charge >= 0.3 is 12.1 Å². The summed E-state index contributed by atoms with van der Waals surface area (Å²) in [5.74, 6) is -1.84. The van der Waals surface area contributed by atoms with Crippen molar-refractivity contribution >= 4 is 17.2 Å². The molecule has 0 aliphatic carbocycles. The number of halogens is 3.